The van der Waals surface area contributed by atoms with Crippen LogP contribution in [-0.4, -0.2) is 48.7 Å². The molecule has 1 amide bonds. The van der Waals surface area contributed by atoms with Gasteiger partial charge >= 0.3 is 18.3 Å². The van der Waals surface area contributed by atoms with Gasteiger partial charge in [-0.25, -0.2) is 4.79 Å². The number of carbonyl (C=O) groups is 2. The van der Waals surface area contributed by atoms with Gasteiger partial charge in [0.15, 0.2) is 0 Å². The molecular formula is C16H13ClF6N2O4. The van der Waals surface area contributed by atoms with Gasteiger partial charge in [0.1, 0.15) is 5.70 Å². The van der Waals surface area contributed by atoms with Gasteiger partial charge in [0.2, 0.25) is 0 Å². The minimum absolute atomic E-state index is 0.155. The number of carbonyl (C=O) groups excluding carboxylic acids is 2. The van der Waals surface area contributed by atoms with E-state index in [1.165, 1.54) is 0 Å². The van der Waals surface area contributed by atoms with Gasteiger partial charge in [0, 0.05) is 6.54 Å². The lowest BCUT2D eigenvalue weighted by Gasteiger charge is -2.19. The van der Waals surface area contributed by atoms with Gasteiger partial charge in [0.05, 0.1) is 47.7 Å². The Hall–Kier alpha value is -2.47. The molecule has 1 aliphatic rings. The lowest BCUT2D eigenvalue weighted by Crippen LogP contribution is -2.31. The molecule has 2 N–H and O–H groups in total. The second-order valence-corrected chi connectivity index (χ2v) is 6.18. The molecule has 0 aliphatic carbocycles. The summed E-state index contributed by atoms with van der Waals surface area (Å²) in [5.74, 6) is -1.96. The van der Waals surface area contributed by atoms with Gasteiger partial charge in [-0.2, -0.15) is 26.3 Å². The number of benzene rings is 1. The number of amides is 1. The Morgan fingerprint density at radius 2 is 1.86 bits per heavy atom. The van der Waals surface area contributed by atoms with Crippen LogP contribution in [0.4, 0.5) is 32.0 Å². The van der Waals surface area contributed by atoms with Crippen LogP contribution in [0.2, 0.25) is 5.02 Å². The summed E-state index contributed by atoms with van der Waals surface area (Å²) >= 11 is 5.65. The fourth-order valence-corrected chi connectivity index (χ4v) is 2.83. The standard InChI is InChI=1S/C16H13ClF6N2O4/c1-29-14(28)8-6-25(2-3-26)13(27)12(8)24-10-5-7(15(18,19)20)4-9(11(10)17)16(21,22)23/h4-5,24,26H,2-3,6H2,1H3. The van der Waals surface area contributed by atoms with Crippen LogP contribution >= 0.6 is 11.6 Å². The van der Waals surface area contributed by atoms with Crippen LogP contribution in [-0.2, 0) is 26.7 Å². The molecule has 0 unspecified atom stereocenters. The Bertz CT molecular complexity index is 866. The van der Waals surface area contributed by atoms with E-state index in [4.69, 9.17) is 16.7 Å². The minimum atomic E-state index is -5.21. The monoisotopic (exact) mass is 446 g/mol. The predicted octanol–water partition coefficient (Wildman–Crippen LogP) is 3.05. The van der Waals surface area contributed by atoms with Gasteiger partial charge < -0.3 is 20.1 Å². The summed E-state index contributed by atoms with van der Waals surface area (Å²) in [5.41, 5.74) is -5.24. The van der Waals surface area contributed by atoms with Crippen LogP contribution in [0, 0.1) is 0 Å². The van der Waals surface area contributed by atoms with E-state index in [0.29, 0.717) is 6.07 Å². The van der Waals surface area contributed by atoms with Crippen molar-refractivity contribution in [3.8, 4) is 0 Å². The number of esters is 1. The van der Waals surface area contributed by atoms with Crippen molar-refractivity contribution in [2.45, 2.75) is 12.4 Å². The number of nitrogens with one attached hydrogen (secondary N) is 1. The number of hydrogen-bond acceptors (Lipinski definition) is 5. The molecule has 0 bridgehead atoms. The lowest BCUT2D eigenvalue weighted by molar-refractivity contribution is -0.143. The largest absolute Gasteiger partial charge is 0.466 e. The third-order valence-corrected chi connectivity index (χ3v) is 4.33. The number of aliphatic hydroxyl groups is 1. The van der Waals surface area contributed by atoms with Crippen molar-refractivity contribution in [1.82, 2.24) is 4.90 Å². The molecule has 0 atom stereocenters. The first kappa shape index (κ1) is 22.8. The summed E-state index contributed by atoms with van der Waals surface area (Å²) in [4.78, 5) is 25.3. The van der Waals surface area contributed by atoms with E-state index < -0.39 is 58.4 Å². The molecule has 0 radical (unpaired) electrons. The summed E-state index contributed by atoms with van der Waals surface area (Å²) < 4.78 is 83.1. The van der Waals surface area contributed by atoms with Crippen LogP contribution in [0.3, 0.4) is 0 Å². The maximum atomic E-state index is 13.1. The molecule has 0 fully saturated rings. The highest BCUT2D eigenvalue weighted by atomic mass is 35.5. The number of rotatable bonds is 5. The highest BCUT2D eigenvalue weighted by Crippen LogP contribution is 2.43. The summed E-state index contributed by atoms with van der Waals surface area (Å²) in [6.07, 6.45) is -10.3. The molecule has 1 heterocycles. The summed E-state index contributed by atoms with van der Waals surface area (Å²) in [7, 11) is 0.977. The van der Waals surface area contributed by atoms with E-state index >= 15 is 0 Å². The van der Waals surface area contributed by atoms with Gasteiger partial charge in [-0.1, -0.05) is 11.6 Å². The van der Waals surface area contributed by atoms with Crippen molar-refractivity contribution < 1.29 is 45.8 Å². The van der Waals surface area contributed by atoms with Crippen LogP contribution in [0.15, 0.2) is 23.4 Å². The molecular weight excluding hydrogens is 434 g/mol. The van der Waals surface area contributed by atoms with Crippen molar-refractivity contribution in [3.63, 3.8) is 0 Å². The molecule has 0 aromatic heterocycles. The van der Waals surface area contributed by atoms with Crippen molar-refractivity contribution in [2.24, 2.45) is 0 Å². The first-order valence-corrected chi connectivity index (χ1v) is 8.15. The highest BCUT2D eigenvalue weighted by Gasteiger charge is 2.41. The molecule has 0 saturated carbocycles. The SMILES string of the molecule is COC(=O)C1=C(Nc2cc(C(F)(F)F)cc(C(F)(F)F)c2Cl)C(=O)N(CCO)C1. The second kappa shape index (κ2) is 8.11. The quantitative estimate of drug-likeness (QED) is 0.537. The number of ether oxygens (including phenoxy) is 1. The zero-order valence-corrected chi connectivity index (χ0v) is 15.3. The number of aliphatic hydroxyl groups excluding tert-OH is 1. The number of hydrogen-bond donors (Lipinski definition) is 2. The maximum absolute atomic E-state index is 13.1. The molecule has 0 saturated heterocycles. The molecule has 13 heteroatoms. The first-order valence-electron chi connectivity index (χ1n) is 7.77. The molecule has 1 aliphatic heterocycles. The Balaban J connectivity index is 2.61. The zero-order chi connectivity index (χ0) is 22.1. The van der Waals surface area contributed by atoms with Crippen LogP contribution in [0.5, 0.6) is 0 Å². The maximum Gasteiger partial charge on any atom is 0.417 e. The Morgan fingerprint density at radius 1 is 1.24 bits per heavy atom. The molecule has 160 valence electrons. The van der Waals surface area contributed by atoms with Crippen molar-refractivity contribution in [3.05, 3.63) is 39.6 Å². The number of halogens is 7. The van der Waals surface area contributed by atoms with Crippen molar-refractivity contribution in [1.29, 1.82) is 0 Å². The predicted molar refractivity (Wildman–Crippen MR) is 87.8 cm³/mol. The third-order valence-electron chi connectivity index (χ3n) is 3.92. The van der Waals surface area contributed by atoms with E-state index in [9.17, 15) is 35.9 Å². The molecule has 2 rings (SSSR count). The highest BCUT2D eigenvalue weighted by molar-refractivity contribution is 6.34. The van der Waals surface area contributed by atoms with Gasteiger partial charge in [0.25, 0.3) is 5.91 Å². The minimum Gasteiger partial charge on any atom is -0.466 e. The van der Waals surface area contributed by atoms with E-state index in [-0.39, 0.29) is 24.7 Å². The van der Waals surface area contributed by atoms with E-state index in [0.717, 1.165) is 12.0 Å². The zero-order valence-electron chi connectivity index (χ0n) is 14.5. The van der Waals surface area contributed by atoms with Crippen LogP contribution < -0.4 is 5.32 Å². The normalized spacial score (nSPS) is 15.2. The average Bonchev–Trinajstić information content (AvgIpc) is 2.90. The Kier molecular flexibility index (Phi) is 6.38. The summed E-state index contributed by atoms with van der Waals surface area (Å²) in [6.45, 7) is -1.08. The number of methoxy groups -OCH3 is 1. The average molecular weight is 447 g/mol. The van der Waals surface area contributed by atoms with Gasteiger partial charge in [-0.3, -0.25) is 4.79 Å². The Labute approximate surface area is 164 Å². The third kappa shape index (κ3) is 4.75. The van der Waals surface area contributed by atoms with Crippen molar-refractivity contribution >= 4 is 29.2 Å². The summed E-state index contributed by atoms with van der Waals surface area (Å²) in [6, 6.07) is 0.138. The first-order chi connectivity index (χ1) is 13.3. The van der Waals surface area contributed by atoms with Crippen LogP contribution in [0.25, 0.3) is 0 Å². The number of anilines is 1. The van der Waals surface area contributed by atoms with Crippen molar-refractivity contribution in [2.75, 3.05) is 32.1 Å². The molecule has 1 aromatic carbocycles. The van der Waals surface area contributed by atoms with E-state index in [1.54, 1.807) is 0 Å². The summed E-state index contributed by atoms with van der Waals surface area (Å²) in [5, 5.41) is 9.97. The molecule has 1 aromatic rings. The van der Waals surface area contributed by atoms with Gasteiger partial charge in [-0.05, 0) is 12.1 Å². The Morgan fingerprint density at radius 3 is 2.34 bits per heavy atom. The van der Waals surface area contributed by atoms with E-state index in [2.05, 4.69) is 10.1 Å². The fraction of sp³-hybridized carbons (Fsp3) is 0.375. The second-order valence-electron chi connectivity index (χ2n) is 5.80. The molecule has 6 nitrogen and oxygen atoms in total. The molecule has 0 spiro atoms. The van der Waals surface area contributed by atoms with Gasteiger partial charge in [-0.15, -0.1) is 0 Å². The smallest absolute Gasteiger partial charge is 0.417 e. The topological polar surface area (TPSA) is 78.9 Å². The lowest BCUT2D eigenvalue weighted by atomic mass is 10.1. The number of alkyl halides is 6. The number of nitrogens with zero attached hydrogens (tertiary/aromatic N) is 1. The van der Waals surface area contributed by atoms with E-state index in [1.807, 2.05) is 0 Å². The fourth-order valence-electron chi connectivity index (χ4n) is 2.57. The molecule has 29 heavy (non-hydrogen) atoms. The number of β-amino-alcohol motifs (C(OH)–C–C–N with tert-alkyl or cyclic N) is 1. The van der Waals surface area contributed by atoms with Crippen LogP contribution in [0.1, 0.15) is 11.1 Å².